The van der Waals surface area contributed by atoms with Crippen molar-refractivity contribution >= 4 is 0 Å². The minimum atomic E-state index is -0.426. The highest BCUT2D eigenvalue weighted by molar-refractivity contribution is 4.84. The molecule has 2 aromatic rings. The maximum absolute atomic E-state index is 10.6. The lowest BCUT2D eigenvalue weighted by Crippen LogP contribution is -2.44. The SMILES string of the molecule is O=c1c[n+](CC[n+]2coc(O)c2)[nH]o1. The second-order valence-electron chi connectivity index (χ2n) is 2.76. The van der Waals surface area contributed by atoms with Gasteiger partial charge in [-0.25, -0.2) is 4.79 Å². The first kappa shape index (κ1) is 8.54. The van der Waals surface area contributed by atoms with E-state index in [1.54, 1.807) is 4.57 Å². The van der Waals surface area contributed by atoms with Crippen molar-refractivity contribution in [2.24, 2.45) is 0 Å². The number of oxazole rings is 1. The molecule has 7 nitrogen and oxygen atoms in total. The van der Waals surface area contributed by atoms with Gasteiger partial charge in [0.2, 0.25) is 13.1 Å². The quantitative estimate of drug-likeness (QED) is 0.591. The van der Waals surface area contributed by atoms with Gasteiger partial charge >= 0.3 is 18.0 Å². The molecule has 0 aliphatic rings. The highest BCUT2D eigenvalue weighted by Gasteiger charge is 2.12. The second kappa shape index (κ2) is 3.36. The predicted octanol–water partition coefficient (Wildman–Crippen LogP) is -1.46. The fourth-order valence-electron chi connectivity index (χ4n) is 1.06. The van der Waals surface area contributed by atoms with Crippen LogP contribution in [-0.4, -0.2) is 10.4 Å². The van der Waals surface area contributed by atoms with Crippen LogP contribution in [0, 0.1) is 0 Å². The van der Waals surface area contributed by atoms with Crippen molar-refractivity contribution in [2.75, 3.05) is 0 Å². The molecule has 0 saturated heterocycles. The lowest BCUT2D eigenvalue weighted by molar-refractivity contribution is -0.814. The average Bonchev–Trinajstić information content (AvgIpc) is 2.72. The summed E-state index contributed by atoms with van der Waals surface area (Å²) in [5.74, 6) is -0.143. The van der Waals surface area contributed by atoms with Gasteiger partial charge in [-0.05, 0) is 5.27 Å². The topological polar surface area (TPSA) is 87.1 Å². The van der Waals surface area contributed by atoms with Crippen molar-refractivity contribution in [1.82, 2.24) is 5.27 Å². The third-order valence-electron chi connectivity index (χ3n) is 1.71. The van der Waals surface area contributed by atoms with Crippen LogP contribution in [-0.2, 0) is 13.1 Å². The van der Waals surface area contributed by atoms with Crippen LogP contribution in [0.3, 0.4) is 0 Å². The molecule has 0 aliphatic heterocycles. The van der Waals surface area contributed by atoms with Crippen molar-refractivity contribution in [2.45, 2.75) is 13.1 Å². The lowest BCUT2D eigenvalue weighted by Gasteiger charge is -1.83. The predicted molar refractivity (Wildman–Crippen MR) is 40.1 cm³/mol. The first-order valence-corrected chi connectivity index (χ1v) is 3.98. The number of aromatic hydroxyl groups is 1. The molecule has 0 unspecified atom stereocenters. The van der Waals surface area contributed by atoms with Gasteiger partial charge in [-0.15, -0.1) is 0 Å². The van der Waals surface area contributed by atoms with Gasteiger partial charge in [-0.3, -0.25) is 4.52 Å². The first-order chi connectivity index (χ1) is 6.74. The van der Waals surface area contributed by atoms with E-state index in [1.165, 1.54) is 23.5 Å². The molecule has 14 heavy (non-hydrogen) atoms. The van der Waals surface area contributed by atoms with E-state index in [0.29, 0.717) is 13.1 Å². The summed E-state index contributed by atoms with van der Waals surface area (Å²) in [6.07, 6.45) is 4.13. The molecule has 0 amide bonds. The number of nitrogens with one attached hydrogen (secondary N) is 1. The summed E-state index contributed by atoms with van der Waals surface area (Å²) in [6, 6.07) is 0. The Morgan fingerprint density at radius 2 is 2.29 bits per heavy atom. The van der Waals surface area contributed by atoms with Gasteiger partial charge in [0.15, 0.2) is 0 Å². The Morgan fingerprint density at radius 3 is 2.86 bits per heavy atom. The zero-order chi connectivity index (χ0) is 9.97. The Hall–Kier alpha value is -2.05. The van der Waals surface area contributed by atoms with Crippen LogP contribution in [0.1, 0.15) is 0 Å². The first-order valence-electron chi connectivity index (χ1n) is 3.98. The fourth-order valence-corrected chi connectivity index (χ4v) is 1.06. The van der Waals surface area contributed by atoms with Crippen molar-refractivity contribution in [3.63, 3.8) is 0 Å². The minimum absolute atomic E-state index is 0.143. The number of nitrogens with zero attached hydrogens (tertiary/aromatic N) is 2. The van der Waals surface area contributed by atoms with Crippen LogP contribution < -0.4 is 14.9 Å². The molecule has 2 aromatic heterocycles. The molecule has 2 N–H and O–H groups in total. The number of hydrogen-bond acceptors (Lipinski definition) is 4. The molecule has 0 aliphatic carbocycles. The Balaban J connectivity index is 1.98. The van der Waals surface area contributed by atoms with Gasteiger partial charge in [0.1, 0.15) is 0 Å². The monoisotopic (exact) mass is 199 g/mol. The van der Waals surface area contributed by atoms with Crippen LogP contribution in [0.2, 0.25) is 0 Å². The maximum atomic E-state index is 10.6. The molecular formula is C7H9N3O4+2. The number of aryl methyl sites for hydroxylation is 2. The molecule has 2 heterocycles. The summed E-state index contributed by atoms with van der Waals surface area (Å²) in [4.78, 5) is 10.6. The summed E-state index contributed by atoms with van der Waals surface area (Å²) in [5.41, 5.74) is -0.426. The average molecular weight is 199 g/mol. The van der Waals surface area contributed by atoms with E-state index >= 15 is 0 Å². The van der Waals surface area contributed by atoms with E-state index in [0.717, 1.165) is 0 Å². The number of H-pyrrole nitrogens is 1. The molecule has 2 rings (SSSR count). The van der Waals surface area contributed by atoms with E-state index in [1.807, 2.05) is 0 Å². The molecule has 0 atom stereocenters. The van der Waals surface area contributed by atoms with Crippen molar-refractivity contribution in [1.29, 1.82) is 0 Å². The molecule has 0 fully saturated rings. The van der Waals surface area contributed by atoms with Crippen LogP contribution in [0.4, 0.5) is 0 Å². The molecule has 0 spiro atoms. The third-order valence-corrected chi connectivity index (χ3v) is 1.71. The smallest absolute Gasteiger partial charge is 0.426 e. The lowest BCUT2D eigenvalue weighted by atomic mass is 10.6. The number of rotatable bonds is 3. The summed E-state index contributed by atoms with van der Waals surface area (Å²) in [5, 5.41) is 11.3. The summed E-state index contributed by atoms with van der Waals surface area (Å²) in [7, 11) is 0. The van der Waals surface area contributed by atoms with Gasteiger partial charge in [-0.2, -0.15) is 4.57 Å². The summed E-state index contributed by atoms with van der Waals surface area (Å²) < 4.78 is 12.3. The van der Waals surface area contributed by atoms with E-state index in [4.69, 9.17) is 5.11 Å². The van der Waals surface area contributed by atoms with Crippen molar-refractivity contribution in [3.8, 4) is 5.95 Å². The molecule has 0 radical (unpaired) electrons. The normalized spacial score (nSPS) is 10.6. The number of aromatic nitrogens is 3. The summed E-state index contributed by atoms with van der Waals surface area (Å²) in [6.45, 7) is 1.08. The Morgan fingerprint density at radius 1 is 1.43 bits per heavy atom. The zero-order valence-electron chi connectivity index (χ0n) is 7.21. The molecule has 0 aromatic carbocycles. The van der Waals surface area contributed by atoms with Gasteiger partial charge in [0.05, 0.1) is 0 Å². The van der Waals surface area contributed by atoms with Gasteiger partial charge in [-0.1, -0.05) is 4.68 Å². The van der Waals surface area contributed by atoms with E-state index in [-0.39, 0.29) is 5.95 Å². The fraction of sp³-hybridized carbons (Fsp3) is 0.286. The molecule has 7 heteroatoms. The largest absolute Gasteiger partial charge is 0.476 e. The van der Waals surface area contributed by atoms with Crippen molar-refractivity contribution in [3.05, 3.63) is 29.2 Å². The standard InChI is InChI=1S/C7H7N3O4/c11-6-3-9(5-13-6)1-2-10-4-7(12)14-8-10/h3-5H,1-2H2/p+2. The van der Waals surface area contributed by atoms with Crippen LogP contribution >= 0.6 is 0 Å². The maximum Gasteiger partial charge on any atom is 0.426 e. The van der Waals surface area contributed by atoms with Gasteiger partial charge < -0.3 is 9.52 Å². The Kier molecular flexibility index (Phi) is 2.05. The van der Waals surface area contributed by atoms with Crippen LogP contribution in [0.15, 0.2) is 32.5 Å². The zero-order valence-corrected chi connectivity index (χ0v) is 7.21. The molecule has 0 saturated carbocycles. The van der Waals surface area contributed by atoms with E-state index < -0.39 is 5.63 Å². The van der Waals surface area contributed by atoms with Crippen LogP contribution in [0.25, 0.3) is 0 Å². The molecule has 0 bridgehead atoms. The van der Waals surface area contributed by atoms with Gasteiger partial charge in [0, 0.05) is 0 Å². The highest BCUT2D eigenvalue weighted by atomic mass is 16.5. The van der Waals surface area contributed by atoms with E-state index in [9.17, 15) is 4.79 Å². The second-order valence-corrected chi connectivity index (χ2v) is 2.76. The minimum Gasteiger partial charge on any atom is -0.476 e. The number of hydrogen-bond donors (Lipinski definition) is 2. The molecule has 74 valence electrons. The number of aromatic amines is 1. The highest BCUT2D eigenvalue weighted by Crippen LogP contribution is 2.00. The Bertz CT molecular complexity index is 469. The Labute approximate surface area is 77.8 Å². The van der Waals surface area contributed by atoms with E-state index in [2.05, 4.69) is 14.2 Å². The van der Waals surface area contributed by atoms with Crippen molar-refractivity contribution < 1.29 is 23.3 Å². The van der Waals surface area contributed by atoms with Crippen LogP contribution in [0.5, 0.6) is 5.95 Å². The molecular weight excluding hydrogens is 190 g/mol. The summed E-state index contributed by atoms with van der Waals surface area (Å²) >= 11 is 0. The van der Waals surface area contributed by atoms with Gasteiger partial charge in [0.25, 0.3) is 12.4 Å². The third kappa shape index (κ3) is 1.82.